The Morgan fingerprint density at radius 3 is 2.47 bits per heavy atom. The van der Waals surface area contributed by atoms with Gasteiger partial charge in [0.15, 0.2) is 0 Å². The van der Waals surface area contributed by atoms with Gasteiger partial charge in [-0.25, -0.2) is 0 Å². The first-order valence-corrected chi connectivity index (χ1v) is 5.78. The van der Waals surface area contributed by atoms with Crippen LogP contribution in [0.5, 0.6) is 0 Å². The number of thiophene rings is 1. The number of hydrogen-bond donors (Lipinski definition) is 1. The molecule has 0 saturated carbocycles. The summed E-state index contributed by atoms with van der Waals surface area (Å²) in [6, 6.07) is 1.86. The van der Waals surface area contributed by atoms with Gasteiger partial charge in [0.25, 0.3) is 0 Å². The van der Waals surface area contributed by atoms with Gasteiger partial charge in [0.2, 0.25) is 5.78 Å². The van der Waals surface area contributed by atoms with Crippen molar-refractivity contribution in [1.29, 1.82) is 0 Å². The summed E-state index contributed by atoms with van der Waals surface area (Å²) in [4.78, 5) is 15.2. The van der Waals surface area contributed by atoms with Crippen molar-refractivity contribution in [2.75, 3.05) is 0 Å². The number of rotatable bonds is 2. The molecule has 0 unspecified atom stereocenters. The Morgan fingerprint density at radius 1 is 1.27 bits per heavy atom. The molecule has 0 spiro atoms. The summed E-state index contributed by atoms with van der Waals surface area (Å²) in [6.07, 6.45) is 0. The van der Waals surface area contributed by atoms with Crippen LogP contribution >= 0.6 is 11.3 Å². The summed E-state index contributed by atoms with van der Waals surface area (Å²) in [5.41, 5.74) is 4.80. The van der Waals surface area contributed by atoms with E-state index in [1.165, 1.54) is 5.56 Å². The zero-order chi connectivity index (χ0) is 11.0. The van der Waals surface area contributed by atoms with Crippen LogP contribution in [0.4, 0.5) is 0 Å². The molecule has 2 rings (SSSR count). The lowest BCUT2D eigenvalue weighted by molar-refractivity contribution is 0.103. The Morgan fingerprint density at radius 2 is 2.00 bits per heavy atom. The van der Waals surface area contributed by atoms with Gasteiger partial charge in [-0.2, -0.15) is 11.3 Å². The summed E-state index contributed by atoms with van der Waals surface area (Å²) >= 11 is 1.54. The molecule has 0 aromatic carbocycles. The van der Waals surface area contributed by atoms with Gasteiger partial charge < -0.3 is 4.98 Å². The Balaban J connectivity index is 2.47. The second kappa shape index (κ2) is 3.66. The second-order valence-corrected chi connectivity index (χ2v) is 4.50. The van der Waals surface area contributed by atoms with Crippen LogP contribution in [0.25, 0.3) is 0 Å². The zero-order valence-corrected chi connectivity index (χ0v) is 9.87. The maximum absolute atomic E-state index is 12.1. The lowest BCUT2D eigenvalue weighted by Gasteiger charge is -1.96. The number of nitrogens with one attached hydrogen (secondary N) is 1. The third-order valence-electron chi connectivity index (χ3n) is 2.82. The van der Waals surface area contributed by atoms with E-state index in [0.29, 0.717) is 0 Å². The van der Waals surface area contributed by atoms with Gasteiger partial charge in [-0.3, -0.25) is 4.79 Å². The molecule has 2 heterocycles. The molecule has 0 fully saturated rings. The molecule has 0 radical (unpaired) electrons. The Labute approximate surface area is 93.0 Å². The molecule has 0 amide bonds. The van der Waals surface area contributed by atoms with Crippen LogP contribution in [0.3, 0.4) is 0 Å². The maximum Gasteiger partial charge on any atom is 0.210 e. The minimum atomic E-state index is 0.0879. The van der Waals surface area contributed by atoms with Gasteiger partial charge in [-0.05, 0) is 43.3 Å². The van der Waals surface area contributed by atoms with Gasteiger partial charge in [0.05, 0.1) is 5.69 Å². The van der Waals surface area contributed by atoms with Crippen LogP contribution in [0.15, 0.2) is 16.8 Å². The molecule has 0 atom stereocenters. The van der Waals surface area contributed by atoms with Crippen molar-refractivity contribution in [3.8, 4) is 0 Å². The van der Waals surface area contributed by atoms with Crippen LogP contribution < -0.4 is 0 Å². The van der Waals surface area contributed by atoms with E-state index in [4.69, 9.17) is 0 Å². The molecule has 0 saturated heterocycles. The van der Waals surface area contributed by atoms with Crippen LogP contribution in [-0.2, 0) is 0 Å². The lowest BCUT2D eigenvalue weighted by Crippen LogP contribution is -2.02. The summed E-state index contributed by atoms with van der Waals surface area (Å²) < 4.78 is 0. The summed E-state index contributed by atoms with van der Waals surface area (Å²) in [5.74, 6) is 0.0879. The average molecular weight is 219 g/mol. The van der Waals surface area contributed by atoms with E-state index in [2.05, 4.69) is 4.98 Å². The number of aromatic amines is 1. The predicted molar refractivity (Wildman–Crippen MR) is 62.8 cm³/mol. The van der Waals surface area contributed by atoms with Crippen LogP contribution in [0.1, 0.15) is 32.9 Å². The molecule has 78 valence electrons. The molecule has 2 aromatic heterocycles. The first-order valence-electron chi connectivity index (χ1n) is 4.84. The highest BCUT2D eigenvalue weighted by molar-refractivity contribution is 7.08. The third-order valence-corrected chi connectivity index (χ3v) is 3.51. The van der Waals surface area contributed by atoms with Gasteiger partial charge >= 0.3 is 0 Å². The third kappa shape index (κ3) is 1.63. The molecule has 0 aliphatic rings. The van der Waals surface area contributed by atoms with E-state index >= 15 is 0 Å². The molecular formula is C12H13NOS. The molecule has 3 heteroatoms. The van der Waals surface area contributed by atoms with E-state index in [0.717, 1.165) is 22.5 Å². The molecule has 15 heavy (non-hydrogen) atoms. The highest BCUT2D eigenvalue weighted by Crippen LogP contribution is 2.20. The molecule has 2 aromatic rings. The maximum atomic E-state index is 12.1. The lowest BCUT2D eigenvalue weighted by atomic mass is 10.1. The standard InChI is InChI=1S/C12H13NOS/c1-7-8(2)11(13-9(7)3)12(14)10-4-5-15-6-10/h4-6,13H,1-3H3. The Bertz CT molecular complexity index is 494. The normalized spacial score (nSPS) is 10.6. The second-order valence-electron chi connectivity index (χ2n) is 3.72. The molecular weight excluding hydrogens is 206 g/mol. The molecule has 0 aliphatic heterocycles. The minimum Gasteiger partial charge on any atom is -0.356 e. The topological polar surface area (TPSA) is 32.9 Å². The number of ketones is 1. The van der Waals surface area contributed by atoms with E-state index in [9.17, 15) is 4.79 Å². The summed E-state index contributed by atoms with van der Waals surface area (Å²) in [6.45, 7) is 6.01. The van der Waals surface area contributed by atoms with Crippen molar-refractivity contribution in [3.05, 3.63) is 44.9 Å². The van der Waals surface area contributed by atoms with Crippen molar-refractivity contribution in [2.45, 2.75) is 20.8 Å². The predicted octanol–water partition coefficient (Wildman–Crippen LogP) is 3.23. The van der Waals surface area contributed by atoms with E-state index in [1.807, 2.05) is 37.6 Å². The van der Waals surface area contributed by atoms with E-state index in [1.54, 1.807) is 11.3 Å². The van der Waals surface area contributed by atoms with Gasteiger partial charge in [-0.1, -0.05) is 0 Å². The van der Waals surface area contributed by atoms with Crippen LogP contribution in [-0.4, -0.2) is 10.8 Å². The molecule has 2 nitrogen and oxygen atoms in total. The first-order chi connectivity index (χ1) is 7.11. The monoisotopic (exact) mass is 219 g/mol. The van der Waals surface area contributed by atoms with Crippen molar-refractivity contribution >= 4 is 17.1 Å². The fourth-order valence-corrected chi connectivity index (χ4v) is 2.24. The van der Waals surface area contributed by atoms with Gasteiger partial charge in [0, 0.05) is 16.6 Å². The Hall–Kier alpha value is -1.35. The highest BCUT2D eigenvalue weighted by atomic mass is 32.1. The fraction of sp³-hybridized carbons (Fsp3) is 0.250. The number of hydrogen-bond acceptors (Lipinski definition) is 2. The average Bonchev–Trinajstić information content (AvgIpc) is 2.82. The van der Waals surface area contributed by atoms with Crippen molar-refractivity contribution in [2.24, 2.45) is 0 Å². The number of aromatic nitrogens is 1. The van der Waals surface area contributed by atoms with Crippen LogP contribution in [0, 0.1) is 20.8 Å². The molecule has 1 N–H and O–H groups in total. The van der Waals surface area contributed by atoms with Crippen molar-refractivity contribution in [1.82, 2.24) is 4.98 Å². The number of aryl methyl sites for hydroxylation is 1. The summed E-state index contributed by atoms with van der Waals surface area (Å²) in [5, 5.41) is 3.80. The van der Waals surface area contributed by atoms with E-state index in [-0.39, 0.29) is 5.78 Å². The summed E-state index contributed by atoms with van der Waals surface area (Å²) in [7, 11) is 0. The molecule has 0 aliphatic carbocycles. The van der Waals surface area contributed by atoms with Crippen molar-refractivity contribution < 1.29 is 4.79 Å². The molecule has 0 bridgehead atoms. The smallest absolute Gasteiger partial charge is 0.210 e. The van der Waals surface area contributed by atoms with E-state index < -0.39 is 0 Å². The Kier molecular flexibility index (Phi) is 2.49. The SMILES string of the molecule is Cc1[nH]c(C(=O)c2ccsc2)c(C)c1C. The quantitative estimate of drug-likeness (QED) is 0.773. The highest BCUT2D eigenvalue weighted by Gasteiger charge is 2.16. The van der Waals surface area contributed by atoms with Crippen molar-refractivity contribution in [3.63, 3.8) is 0 Å². The number of H-pyrrole nitrogens is 1. The number of carbonyl (C=O) groups excluding carboxylic acids is 1. The fourth-order valence-electron chi connectivity index (χ4n) is 1.61. The zero-order valence-electron chi connectivity index (χ0n) is 9.05. The minimum absolute atomic E-state index is 0.0879. The number of carbonyl (C=O) groups is 1. The van der Waals surface area contributed by atoms with Gasteiger partial charge in [-0.15, -0.1) is 0 Å². The van der Waals surface area contributed by atoms with Gasteiger partial charge in [0.1, 0.15) is 0 Å². The largest absolute Gasteiger partial charge is 0.356 e. The van der Waals surface area contributed by atoms with Crippen LogP contribution in [0.2, 0.25) is 0 Å². The first kappa shape index (κ1) is 10.2.